The molecule has 156 valence electrons. The van der Waals surface area contributed by atoms with E-state index < -0.39 is 17.8 Å². The molecule has 0 bridgehead atoms. The highest BCUT2D eigenvalue weighted by Crippen LogP contribution is 2.51. The smallest absolute Gasteiger partial charge is 0.437 e. The zero-order valence-corrected chi connectivity index (χ0v) is 17.0. The largest absolute Gasteiger partial charge is 0.465 e. The Kier molecular flexibility index (Phi) is 6.08. The van der Waals surface area contributed by atoms with E-state index in [4.69, 9.17) is 4.74 Å². The minimum Gasteiger partial charge on any atom is -0.465 e. The van der Waals surface area contributed by atoms with E-state index in [2.05, 4.69) is 4.99 Å². The summed E-state index contributed by atoms with van der Waals surface area (Å²) in [6.07, 6.45) is 0.890. The van der Waals surface area contributed by atoms with Crippen LogP contribution >= 0.6 is 11.8 Å². The molecule has 0 aliphatic carbocycles. The van der Waals surface area contributed by atoms with Gasteiger partial charge in [0.1, 0.15) is 16.7 Å². The van der Waals surface area contributed by atoms with Crippen molar-refractivity contribution in [2.75, 3.05) is 12.4 Å². The number of halogens is 3. The molecule has 0 N–H and O–H groups in total. The van der Waals surface area contributed by atoms with Gasteiger partial charge in [-0.1, -0.05) is 47.7 Å². The zero-order chi connectivity index (χ0) is 21.9. The number of carbonyl (C=O) groups excluding carboxylic acids is 1. The molecule has 9 heteroatoms. The first-order valence-electron chi connectivity index (χ1n) is 9.05. The van der Waals surface area contributed by atoms with Gasteiger partial charge in [-0.15, -0.1) is 0 Å². The lowest BCUT2D eigenvalue weighted by molar-refractivity contribution is -0.222. The fourth-order valence-electron chi connectivity index (χ4n) is 3.19. The Labute approximate surface area is 176 Å². The van der Waals surface area contributed by atoms with Gasteiger partial charge in [-0.05, 0) is 26.0 Å². The minimum atomic E-state index is -4.82. The summed E-state index contributed by atoms with van der Waals surface area (Å²) in [5.41, 5.74) is -2.02. The number of benzene rings is 1. The summed E-state index contributed by atoms with van der Waals surface area (Å²) in [6, 6.07) is 7.85. The molecule has 30 heavy (non-hydrogen) atoms. The lowest BCUT2D eigenvalue weighted by atomic mass is 9.92. The molecule has 0 saturated heterocycles. The van der Waals surface area contributed by atoms with E-state index >= 15 is 0 Å². The molecule has 2 aliphatic rings. The van der Waals surface area contributed by atoms with Crippen LogP contribution in [0.2, 0.25) is 0 Å². The van der Waals surface area contributed by atoms with Crippen LogP contribution in [0, 0.1) is 18.3 Å². The number of nitrogens with zero attached hydrogens (tertiary/aromatic N) is 3. The van der Waals surface area contributed by atoms with Crippen LogP contribution in [0.5, 0.6) is 0 Å². The third kappa shape index (κ3) is 3.75. The fraction of sp³-hybridized carbons (Fsp3) is 0.286. The number of ether oxygens (including phenoxy) is 1. The molecule has 3 rings (SSSR count). The molecule has 2 aliphatic heterocycles. The summed E-state index contributed by atoms with van der Waals surface area (Å²) >= 11 is 0.761. The standard InChI is InChI=1S/C21H18F3N3O2S/c1-3-29-18(28)13-30-19-16(12-25)17-6-4-5-11-27(17)20(26-19,21(22,23)24)15-9-7-14(2)8-10-15/h4-11H,3,13H2,1-2H3/t20-/m1/s1. The first-order valence-corrected chi connectivity index (χ1v) is 10.0. The van der Waals surface area contributed by atoms with Crippen molar-refractivity contribution in [2.24, 2.45) is 4.99 Å². The van der Waals surface area contributed by atoms with Gasteiger partial charge in [0.2, 0.25) is 0 Å². The number of alkyl halides is 3. The van der Waals surface area contributed by atoms with E-state index in [1.54, 1.807) is 32.1 Å². The Morgan fingerprint density at radius 3 is 2.60 bits per heavy atom. The lowest BCUT2D eigenvalue weighted by Gasteiger charge is -2.45. The molecule has 1 aromatic rings. The molecule has 0 aromatic heterocycles. The number of hydrogen-bond donors (Lipinski definition) is 0. The molecule has 5 nitrogen and oxygen atoms in total. The minimum absolute atomic E-state index is 0.0307. The molecular formula is C21H18F3N3O2S. The van der Waals surface area contributed by atoms with Crippen LogP contribution in [-0.2, 0) is 15.2 Å². The topological polar surface area (TPSA) is 65.7 Å². The van der Waals surface area contributed by atoms with E-state index in [0.29, 0.717) is 0 Å². The molecule has 0 saturated carbocycles. The normalized spacial score (nSPS) is 20.5. The number of nitriles is 1. The van der Waals surface area contributed by atoms with Gasteiger partial charge < -0.3 is 9.64 Å². The van der Waals surface area contributed by atoms with E-state index in [-0.39, 0.29) is 34.2 Å². The summed E-state index contributed by atoms with van der Waals surface area (Å²) in [4.78, 5) is 16.8. The molecule has 2 heterocycles. The van der Waals surface area contributed by atoms with Gasteiger partial charge in [0.15, 0.2) is 0 Å². The van der Waals surface area contributed by atoms with Crippen LogP contribution in [-0.4, -0.2) is 34.4 Å². The summed E-state index contributed by atoms with van der Waals surface area (Å²) < 4.78 is 48.8. The molecule has 0 amide bonds. The monoisotopic (exact) mass is 433 g/mol. The van der Waals surface area contributed by atoms with Crippen LogP contribution in [0.3, 0.4) is 0 Å². The highest BCUT2D eigenvalue weighted by Gasteiger charge is 2.62. The van der Waals surface area contributed by atoms with Gasteiger partial charge >= 0.3 is 12.1 Å². The summed E-state index contributed by atoms with van der Waals surface area (Å²) in [6.45, 7) is 3.55. The van der Waals surface area contributed by atoms with E-state index in [1.807, 2.05) is 6.07 Å². The number of aryl methyl sites for hydroxylation is 1. The molecule has 0 radical (unpaired) electrons. The van der Waals surface area contributed by atoms with Crippen molar-refractivity contribution >= 4 is 22.8 Å². The van der Waals surface area contributed by atoms with Crippen LogP contribution in [0.25, 0.3) is 0 Å². The maximum atomic E-state index is 14.7. The number of carbonyl (C=O) groups is 1. The van der Waals surface area contributed by atoms with E-state index in [9.17, 15) is 23.2 Å². The van der Waals surface area contributed by atoms with Crippen LogP contribution in [0.15, 0.2) is 65.0 Å². The van der Waals surface area contributed by atoms with Gasteiger partial charge in [-0.2, -0.15) is 18.4 Å². The second-order valence-corrected chi connectivity index (χ2v) is 7.45. The maximum absolute atomic E-state index is 14.7. The Morgan fingerprint density at radius 1 is 1.30 bits per heavy atom. The molecular weight excluding hydrogens is 415 g/mol. The maximum Gasteiger partial charge on any atom is 0.437 e. The number of rotatable bonds is 4. The van der Waals surface area contributed by atoms with Gasteiger partial charge in [0, 0.05) is 11.8 Å². The van der Waals surface area contributed by atoms with Crippen molar-refractivity contribution in [1.82, 2.24) is 4.90 Å². The predicted octanol–water partition coefficient (Wildman–Crippen LogP) is 4.58. The highest BCUT2D eigenvalue weighted by molar-refractivity contribution is 8.15. The van der Waals surface area contributed by atoms with E-state index in [1.165, 1.54) is 30.5 Å². The van der Waals surface area contributed by atoms with Crippen molar-refractivity contribution in [3.05, 3.63) is 71.1 Å². The third-order valence-corrected chi connectivity index (χ3v) is 5.48. The molecule has 0 spiro atoms. The number of allylic oxidation sites excluding steroid dienone is 3. The highest BCUT2D eigenvalue weighted by atomic mass is 32.2. The summed E-state index contributed by atoms with van der Waals surface area (Å²) in [5.74, 6) is -0.853. The van der Waals surface area contributed by atoms with Gasteiger partial charge in [0.25, 0.3) is 5.66 Å². The Balaban J connectivity index is 2.21. The van der Waals surface area contributed by atoms with Crippen LogP contribution < -0.4 is 0 Å². The number of hydrogen-bond acceptors (Lipinski definition) is 6. The Hall–Kier alpha value is -2.99. The average Bonchev–Trinajstić information content (AvgIpc) is 2.71. The third-order valence-electron chi connectivity index (χ3n) is 4.54. The van der Waals surface area contributed by atoms with Crippen molar-refractivity contribution in [2.45, 2.75) is 25.7 Å². The Bertz CT molecular complexity index is 1000. The summed E-state index contributed by atoms with van der Waals surface area (Å²) in [7, 11) is 0. The second kappa shape index (κ2) is 8.40. The van der Waals surface area contributed by atoms with E-state index in [0.717, 1.165) is 22.2 Å². The van der Waals surface area contributed by atoms with Gasteiger partial charge in [0.05, 0.1) is 18.1 Å². The van der Waals surface area contributed by atoms with Crippen LogP contribution in [0.1, 0.15) is 18.1 Å². The molecule has 0 fully saturated rings. The lowest BCUT2D eigenvalue weighted by Crippen LogP contribution is -2.55. The SMILES string of the molecule is CCOC(=O)CSC1=N[C@@](c2ccc(C)cc2)(C(F)(F)F)N2C=CC=CC2=C1C#N. The van der Waals surface area contributed by atoms with Crippen LogP contribution in [0.4, 0.5) is 13.2 Å². The van der Waals surface area contributed by atoms with Gasteiger partial charge in [-0.3, -0.25) is 4.79 Å². The summed E-state index contributed by atoms with van der Waals surface area (Å²) in [5, 5.41) is 9.51. The molecule has 1 atom stereocenters. The number of esters is 1. The van der Waals surface area contributed by atoms with Crippen molar-refractivity contribution in [3.63, 3.8) is 0 Å². The zero-order valence-electron chi connectivity index (χ0n) is 16.2. The number of thioether (sulfide) groups is 1. The molecule has 1 aromatic carbocycles. The van der Waals surface area contributed by atoms with Crippen molar-refractivity contribution in [3.8, 4) is 6.07 Å². The quantitative estimate of drug-likeness (QED) is 0.651. The first kappa shape index (κ1) is 21.7. The first-order chi connectivity index (χ1) is 14.2. The predicted molar refractivity (Wildman–Crippen MR) is 108 cm³/mol. The number of fused-ring (bicyclic) bond motifs is 1. The average molecular weight is 433 g/mol. The Morgan fingerprint density at radius 2 is 2.00 bits per heavy atom. The number of aliphatic imine (C=N–C) groups is 1. The van der Waals surface area contributed by atoms with Gasteiger partial charge in [-0.25, -0.2) is 4.99 Å². The van der Waals surface area contributed by atoms with Crippen molar-refractivity contribution < 1.29 is 22.7 Å². The fourth-order valence-corrected chi connectivity index (χ4v) is 4.02. The second-order valence-electron chi connectivity index (χ2n) is 6.49. The molecule has 0 unspecified atom stereocenters. The van der Waals surface area contributed by atoms with Crippen molar-refractivity contribution in [1.29, 1.82) is 5.26 Å².